The predicted octanol–water partition coefficient (Wildman–Crippen LogP) is 3.52. The molecule has 0 spiro atoms. The molecule has 7 heteroatoms. The Balaban J connectivity index is 1.85. The van der Waals surface area contributed by atoms with E-state index in [1.807, 2.05) is 13.0 Å². The van der Waals surface area contributed by atoms with Crippen molar-refractivity contribution in [1.29, 1.82) is 0 Å². The SMILES string of the molecule is CCn1nnc2cc(C(=O)N(C)Cc3c(F)cccc3Cl)ccc21. The molecule has 124 valence electrons. The number of carbonyl (C=O) groups is 1. The second kappa shape index (κ2) is 6.57. The molecule has 5 nitrogen and oxygen atoms in total. The zero-order chi connectivity index (χ0) is 17.3. The highest BCUT2D eigenvalue weighted by Gasteiger charge is 2.17. The third kappa shape index (κ3) is 2.97. The van der Waals surface area contributed by atoms with Gasteiger partial charge in [0.1, 0.15) is 11.3 Å². The van der Waals surface area contributed by atoms with Gasteiger partial charge in [-0.1, -0.05) is 22.9 Å². The van der Waals surface area contributed by atoms with E-state index in [0.717, 1.165) is 5.52 Å². The molecule has 3 aromatic rings. The summed E-state index contributed by atoms with van der Waals surface area (Å²) in [6, 6.07) is 9.70. The number of nitrogens with zero attached hydrogens (tertiary/aromatic N) is 4. The molecule has 2 aromatic carbocycles. The molecule has 0 bridgehead atoms. The van der Waals surface area contributed by atoms with Crippen LogP contribution in [0.2, 0.25) is 5.02 Å². The maximum absolute atomic E-state index is 13.9. The van der Waals surface area contributed by atoms with Crippen LogP contribution >= 0.6 is 11.6 Å². The molecule has 1 aromatic heterocycles. The largest absolute Gasteiger partial charge is 0.337 e. The number of halogens is 2. The molecule has 0 aliphatic heterocycles. The van der Waals surface area contributed by atoms with Gasteiger partial charge in [-0.25, -0.2) is 9.07 Å². The molecular weight excluding hydrogens is 331 g/mol. The molecule has 0 aliphatic carbocycles. The topological polar surface area (TPSA) is 51.0 Å². The smallest absolute Gasteiger partial charge is 0.253 e. The standard InChI is InChI=1S/C17H16ClFN4O/c1-3-23-16-8-7-11(9-15(16)20-21-23)17(24)22(2)10-12-13(18)5-4-6-14(12)19/h4-9H,3,10H2,1-2H3. The summed E-state index contributed by atoms with van der Waals surface area (Å²) in [5, 5.41) is 8.39. The lowest BCUT2D eigenvalue weighted by Gasteiger charge is -2.18. The second-order valence-electron chi connectivity index (χ2n) is 5.47. The van der Waals surface area contributed by atoms with Crippen LogP contribution in [0.4, 0.5) is 4.39 Å². The predicted molar refractivity (Wildman–Crippen MR) is 90.4 cm³/mol. The van der Waals surface area contributed by atoms with Crippen molar-refractivity contribution in [3.63, 3.8) is 0 Å². The van der Waals surface area contributed by atoms with E-state index in [1.54, 1.807) is 29.9 Å². The highest BCUT2D eigenvalue weighted by Crippen LogP contribution is 2.21. The maximum Gasteiger partial charge on any atom is 0.253 e. The summed E-state index contributed by atoms with van der Waals surface area (Å²) in [6.45, 7) is 2.76. The van der Waals surface area contributed by atoms with Gasteiger partial charge in [-0.05, 0) is 37.3 Å². The van der Waals surface area contributed by atoms with Gasteiger partial charge in [0.05, 0.1) is 5.52 Å². The highest BCUT2D eigenvalue weighted by molar-refractivity contribution is 6.31. The van der Waals surface area contributed by atoms with Crippen LogP contribution in [0.5, 0.6) is 0 Å². The van der Waals surface area contributed by atoms with Gasteiger partial charge in [0.2, 0.25) is 0 Å². The third-order valence-corrected chi connectivity index (χ3v) is 4.22. The number of hydrogen-bond donors (Lipinski definition) is 0. The number of amides is 1. The van der Waals surface area contributed by atoms with Crippen molar-refractivity contribution in [3.8, 4) is 0 Å². The van der Waals surface area contributed by atoms with E-state index in [1.165, 1.54) is 17.0 Å². The molecule has 1 amide bonds. The minimum absolute atomic E-state index is 0.0873. The first-order valence-corrected chi connectivity index (χ1v) is 7.90. The van der Waals surface area contributed by atoms with Crippen LogP contribution in [0.25, 0.3) is 11.0 Å². The Kier molecular flexibility index (Phi) is 4.49. The first-order valence-electron chi connectivity index (χ1n) is 7.53. The fraction of sp³-hybridized carbons (Fsp3) is 0.235. The first kappa shape index (κ1) is 16.4. The molecule has 0 saturated carbocycles. The van der Waals surface area contributed by atoms with Crippen molar-refractivity contribution in [1.82, 2.24) is 19.9 Å². The number of fused-ring (bicyclic) bond motifs is 1. The van der Waals surface area contributed by atoms with Crippen molar-refractivity contribution in [3.05, 3.63) is 58.4 Å². The van der Waals surface area contributed by atoms with Crippen molar-refractivity contribution in [2.45, 2.75) is 20.0 Å². The van der Waals surface area contributed by atoms with E-state index in [0.29, 0.717) is 28.2 Å². The van der Waals surface area contributed by atoms with E-state index in [4.69, 9.17) is 11.6 Å². The lowest BCUT2D eigenvalue weighted by molar-refractivity contribution is 0.0784. The first-order chi connectivity index (χ1) is 11.5. The summed E-state index contributed by atoms with van der Waals surface area (Å²) in [5.74, 6) is -0.661. The Morgan fingerprint density at radius 2 is 2.12 bits per heavy atom. The summed E-state index contributed by atoms with van der Waals surface area (Å²) in [5.41, 5.74) is 2.29. The van der Waals surface area contributed by atoms with E-state index in [2.05, 4.69) is 10.3 Å². The van der Waals surface area contributed by atoms with Gasteiger partial charge in [0.15, 0.2) is 0 Å². The van der Waals surface area contributed by atoms with Gasteiger partial charge < -0.3 is 4.90 Å². The van der Waals surface area contributed by atoms with Gasteiger partial charge in [-0.15, -0.1) is 5.10 Å². The highest BCUT2D eigenvalue weighted by atomic mass is 35.5. The summed E-state index contributed by atoms with van der Waals surface area (Å²) in [7, 11) is 1.61. The Morgan fingerprint density at radius 1 is 1.33 bits per heavy atom. The van der Waals surface area contributed by atoms with Crippen molar-refractivity contribution in [2.24, 2.45) is 0 Å². The summed E-state index contributed by atoms with van der Waals surface area (Å²) >= 11 is 6.02. The molecule has 0 saturated heterocycles. The monoisotopic (exact) mass is 346 g/mol. The molecule has 0 radical (unpaired) electrons. The molecule has 0 atom stereocenters. The molecule has 24 heavy (non-hydrogen) atoms. The van der Waals surface area contributed by atoms with Crippen LogP contribution in [0.15, 0.2) is 36.4 Å². The van der Waals surface area contributed by atoms with Gasteiger partial charge >= 0.3 is 0 Å². The van der Waals surface area contributed by atoms with Crippen LogP contribution in [-0.2, 0) is 13.1 Å². The quantitative estimate of drug-likeness (QED) is 0.726. The van der Waals surface area contributed by atoms with Gasteiger partial charge in [0.25, 0.3) is 5.91 Å². The minimum Gasteiger partial charge on any atom is -0.337 e. The zero-order valence-corrected chi connectivity index (χ0v) is 14.1. The average Bonchev–Trinajstić information content (AvgIpc) is 2.99. The van der Waals surface area contributed by atoms with Gasteiger partial charge in [-0.2, -0.15) is 0 Å². The lowest BCUT2D eigenvalue weighted by Crippen LogP contribution is -2.26. The van der Waals surface area contributed by atoms with Crippen LogP contribution < -0.4 is 0 Å². The average molecular weight is 347 g/mol. The third-order valence-electron chi connectivity index (χ3n) is 3.86. The Hall–Kier alpha value is -2.47. The van der Waals surface area contributed by atoms with Crippen LogP contribution in [0.1, 0.15) is 22.8 Å². The van der Waals surface area contributed by atoms with Crippen LogP contribution in [0, 0.1) is 5.82 Å². The molecular formula is C17H16ClFN4O. The minimum atomic E-state index is -0.427. The molecule has 0 N–H and O–H groups in total. The fourth-order valence-corrected chi connectivity index (χ4v) is 2.77. The second-order valence-corrected chi connectivity index (χ2v) is 5.88. The van der Waals surface area contributed by atoms with Crippen molar-refractivity contribution < 1.29 is 9.18 Å². The summed E-state index contributed by atoms with van der Waals surface area (Å²) in [6.07, 6.45) is 0. The molecule has 3 rings (SSSR count). The number of benzene rings is 2. The molecule has 0 aliphatic rings. The molecule has 0 unspecified atom stereocenters. The maximum atomic E-state index is 13.9. The number of carbonyl (C=O) groups excluding carboxylic acids is 1. The van der Waals surface area contributed by atoms with Gasteiger partial charge in [-0.3, -0.25) is 4.79 Å². The number of aryl methyl sites for hydroxylation is 1. The van der Waals surface area contributed by atoms with Gasteiger partial charge in [0, 0.05) is 36.3 Å². The summed E-state index contributed by atoms with van der Waals surface area (Å²) in [4.78, 5) is 14.0. The molecule has 0 fully saturated rings. The van der Waals surface area contributed by atoms with E-state index in [-0.39, 0.29) is 12.5 Å². The number of rotatable bonds is 4. The number of hydrogen-bond acceptors (Lipinski definition) is 3. The van der Waals surface area contributed by atoms with E-state index in [9.17, 15) is 9.18 Å². The summed E-state index contributed by atoms with van der Waals surface area (Å²) < 4.78 is 15.6. The van der Waals surface area contributed by atoms with Crippen LogP contribution in [-0.4, -0.2) is 32.8 Å². The van der Waals surface area contributed by atoms with Crippen molar-refractivity contribution in [2.75, 3.05) is 7.05 Å². The fourth-order valence-electron chi connectivity index (χ4n) is 2.55. The van der Waals surface area contributed by atoms with Crippen molar-refractivity contribution >= 4 is 28.5 Å². The molecule has 1 heterocycles. The Morgan fingerprint density at radius 3 is 2.83 bits per heavy atom. The van der Waals surface area contributed by atoms with Crippen LogP contribution in [0.3, 0.4) is 0 Å². The van der Waals surface area contributed by atoms with E-state index >= 15 is 0 Å². The zero-order valence-electron chi connectivity index (χ0n) is 13.3. The number of aromatic nitrogens is 3. The lowest BCUT2D eigenvalue weighted by atomic mass is 10.1. The van der Waals surface area contributed by atoms with E-state index < -0.39 is 5.82 Å². The Labute approximate surface area is 143 Å². The normalized spacial score (nSPS) is 11.0. The Bertz CT molecular complexity index is 888.